The first kappa shape index (κ1) is 15.7. The van der Waals surface area contributed by atoms with E-state index in [1.54, 1.807) is 0 Å². The summed E-state index contributed by atoms with van der Waals surface area (Å²) in [5, 5.41) is 2.26. The molecule has 2 heteroatoms. The largest absolute Gasteiger partial charge is 0.207 e. The van der Waals surface area contributed by atoms with E-state index in [0.717, 1.165) is 23.4 Å². The van der Waals surface area contributed by atoms with Crippen LogP contribution >= 0.6 is 0 Å². The van der Waals surface area contributed by atoms with E-state index in [4.69, 9.17) is 0 Å². The second-order valence-electron chi connectivity index (χ2n) is 6.01. The van der Waals surface area contributed by atoms with Gasteiger partial charge in [0.2, 0.25) is 0 Å². The quantitative estimate of drug-likeness (QED) is 0.471. The normalized spacial score (nSPS) is 11.1. The summed E-state index contributed by atoms with van der Waals surface area (Å²) in [4.78, 5) is 0. The summed E-state index contributed by atoms with van der Waals surface area (Å²) in [6.07, 6.45) is 4.78. The molecule has 0 radical (unpaired) electrons. The summed E-state index contributed by atoms with van der Waals surface area (Å²) in [6, 6.07) is 16.0. The van der Waals surface area contributed by atoms with E-state index in [2.05, 4.69) is 25.1 Å². The van der Waals surface area contributed by atoms with E-state index in [9.17, 15) is 8.78 Å². The van der Waals surface area contributed by atoms with Crippen LogP contribution in [-0.4, -0.2) is 0 Å². The third kappa shape index (κ3) is 3.76. The molecule has 3 aromatic carbocycles. The molecule has 0 bridgehead atoms. The fraction of sp³-hybridized carbons (Fsp3) is 0.238. The van der Waals surface area contributed by atoms with Crippen LogP contribution in [-0.2, 0) is 6.42 Å². The summed E-state index contributed by atoms with van der Waals surface area (Å²) in [5.74, 6) is -1.10. The van der Waals surface area contributed by atoms with Crippen LogP contribution in [0.1, 0.15) is 31.7 Å². The van der Waals surface area contributed by atoms with E-state index in [-0.39, 0.29) is 0 Å². The van der Waals surface area contributed by atoms with Crippen LogP contribution in [0, 0.1) is 11.6 Å². The lowest BCUT2D eigenvalue weighted by Gasteiger charge is -2.07. The Morgan fingerprint density at radius 2 is 1.39 bits per heavy atom. The molecule has 23 heavy (non-hydrogen) atoms. The first-order valence-corrected chi connectivity index (χ1v) is 8.15. The minimum absolute atomic E-state index is 0.550. The van der Waals surface area contributed by atoms with Gasteiger partial charge in [0, 0.05) is 6.07 Å². The molecule has 3 rings (SSSR count). The molecule has 0 aliphatic carbocycles. The van der Waals surface area contributed by atoms with Crippen LogP contribution < -0.4 is 0 Å². The monoisotopic (exact) mass is 310 g/mol. The molecule has 0 aliphatic rings. The molecule has 0 nitrogen and oxygen atoms in total. The second kappa shape index (κ2) is 6.91. The molecule has 3 aromatic rings. The Bertz CT molecular complexity index is 801. The molecule has 0 heterocycles. The maximum atomic E-state index is 13.4. The van der Waals surface area contributed by atoms with Crippen molar-refractivity contribution in [1.82, 2.24) is 0 Å². The highest BCUT2D eigenvalue weighted by molar-refractivity contribution is 5.87. The zero-order valence-corrected chi connectivity index (χ0v) is 13.3. The highest BCUT2D eigenvalue weighted by Crippen LogP contribution is 2.27. The Labute approximate surface area is 135 Å². The lowest BCUT2D eigenvalue weighted by atomic mass is 9.98. The summed E-state index contributed by atoms with van der Waals surface area (Å²) >= 11 is 0. The van der Waals surface area contributed by atoms with Crippen molar-refractivity contribution in [2.75, 3.05) is 0 Å². The standard InChI is InChI=1S/C21H20F2/c1-2-3-4-5-15-6-7-17-11-18(9-8-16(17)10-15)19-12-20(22)14-21(23)13-19/h6-14H,2-5H2,1H3. The topological polar surface area (TPSA) is 0 Å². The minimum Gasteiger partial charge on any atom is -0.207 e. The molecule has 0 aliphatic heterocycles. The van der Waals surface area contributed by atoms with Gasteiger partial charge in [0.1, 0.15) is 11.6 Å². The third-order valence-corrected chi connectivity index (χ3v) is 4.17. The van der Waals surface area contributed by atoms with Gasteiger partial charge in [-0.1, -0.05) is 50.1 Å². The fourth-order valence-corrected chi connectivity index (χ4v) is 2.93. The van der Waals surface area contributed by atoms with Gasteiger partial charge in [-0.15, -0.1) is 0 Å². The molecule has 0 amide bonds. The summed E-state index contributed by atoms with van der Waals surface area (Å²) in [7, 11) is 0. The fourth-order valence-electron chi connectivity index (χ4n) is 2.93. The number of aryl methyl sites for hydroxylation is 1. The maximum absolute atomic E-state index is 13.4. The number of halogens is 2. The Morgan fingerprint density at radius 3 is 2.13 bits per heavy atom. The highest BCUT2D eigenvalue weighted by atomic mass is 19.1. The van der Waals surface area contributed by atoms with Crippen molar-refractivity contribution in [3.05, 3.63) is 71.8 Å². The molecule has 0 unspecified atom stereocenters. The molecule has 118 valence electrons. The SMILES string of the molecule is CCCCCc1ccc2cc(-c3cc(F)cc(F)c3)ccc2c1. The predicted molar refractivity (Wildman–Crippen MR) is 92.5 cm³/mol. The van der Waals surface area contributed by atoms with Gasteiger partial charge >= 0.3 is 0 Å². The number of rotatable bonds is 5. The minimum atomic E-state index is -0.550. The molecular formula is C21H20F2. The highest BCUT2D eigenvalue weighted by Gasteiger charge is 2.05. The van der Waals surface area contributed by atoms with Gasteiger partial charge in [0.05, 0.1) is 0 Å². The van der Waals surface area contributed by atoms with Gasteiger partial charge < -0.3 is 0 Å². The van der Waals surface area contributed by atoms with Gasteiger partial charge in [-0.2, -0.15) is 0 Å². The maximum Gasteiger partial charge on any atom is 0.126 e. The first-order valence-electron chi connectivity index (χ1n) is 8.15. The molecule has 0 saturated carbocycles. The van der Waals surface area contributed by atoms with Crippen LogP contribution in [0.5, 0.6) is 0 Å². The van der Waals surface area contributed by atoms with Crippen LogP contribution in [0.2, 0.25) is 0 Å². The number of unbranched alkanes of at least 4 members (excludes halogenated alkanes) is 2. The van der Waals surface area contributed by atoms with Crippen molar-refractivity contribution < 1.29 is 8.78 Å². The number of fused-ring (bicyclic) bond motifs is 1. The summed E-state index contributed by atoms with van der Waals surface area (Å²) in [6.45, 7) is 2.21. The van der Waals surface area contributed by atoms with E-state index >= 15 is 0 Å². The van der Waals surface area contributed by atoms with Gasteiger partial charge in [-0.25, -0.2) is 8.78 Å². The van der Waals surface area contributed by atoms with Gasteiger partial charge in [-0.05, 0) is 58.5 Å². The van der Waals surface area contributed by atoms with E-state index in [0.29, 0.717) is 5.56 Å². The summed E-state index contributed by atoms with van der Waals surface area (Å²) in [5.41, 5.74) is 2.74. The van der Waals surface area contributed by atoms with Gasteiger partial charge in [-0.3, -0.25) is 0 Å². The lowest BCUT2D eigenvalue weighted by Crippen LogP contribution is -1.87. The molecule has 0 atom stereocenters. The van der Waals surface area contributed by atoms with Crippen molar-refractivity contribution in [3.8, 4) is 11.1 Å². The third-order valence-electron chi connectivity index (χ3n) is 4.17. The number of hydrogen-bond donors (Lipinski definition) is 0. The van der Waals surface area contributed by atoms with Crippen LogP contribution in [0.25, 0.3) is 21.9 Å². The number of benzene rings is 3. The average Bonchev–Trinajstić information content (AvgIpc) is 2.53. The van der Waals surface area contributed by atoms with Gasteiger partial charge in [0.15, 0.2) is 0 Å². The van der Waals surface area contributed by atoms with E-state index in [1.165, 1.54) is 42.3 Å². The van der Waals surface area contributed by atoms with Crippen molar-refractivity contribution in [3.63, 3.8) is 0 Å². The molecule has 0 spiro atoms. The molecule has 0 N–H and O–H groups in total. The van der Waals surface area contributed by atoms with Crippen molar-refractivity contribution in [2.24, 2.45) is 0 Å². The Morgan fingerprint density at radius 1 is 0.696 bits per heavy atom. The van der Waals surface area contributed by atoms with Crippen molar-refractivity contribution in [1.29, 1.82) is 0 Å². The number of hydrogen-bond acceptors (Lipinski definition) is 0. The van der Waals surface area contributed by atoms with Crippen LogP contribution in [0.15, 0.2) is 54.6 Å². The van der Waals surface area contributed by atoms with Crippen molar-refractivity contribution >= 4 is 10.8 Å². The molecular weight excluding hydrogens is 290 g/mol. The first-order chi connectivity index (χ1) is 11.2. The molecule has 0 aromatic heterocycles. The lowest BCUT2D eigenvalue weighted by molar-refractivity contribution is 0.584. The van der Waals surface area contributed by atoms with Crippen molar-refractivity contribution in [2.45, 2.75) is 32.6 Å². The molecule has 0 saturated heterocycles. The van der Waals surface area contributed by atoms with Crippen LogP contribution in [0.4, 0.5) is 8.78 Å². The van der Waals surface area contributed by atoms with Gasteiger partial charge in [0.25, 0.3) is 0 Å². The predicted octanol–water partition coefficient (Wildman–Crippen LogP) is 6.52. The zero-order chi connectivity index (χ0) is 16.2. The molecule has 0 fully saturated rings. The Hall–Kier alpha value is -2.22. The Kier molecular flexibility index (Phi) is 4.71. The van der Waals surface area contributed by atoms with E-state index in [1.807, 2.05) is 18.2 Å². The van der Waals surface area contributed by atoms with E-state index < -0.39 is 11.6 Å². The smallest absolute Gasteiger partial charge is 0.126 e. The zero-order valence-electron chi connectivity index (χ0n) is 13.3. The van der Waals surface area contributed by atoms with Crippen LogP contribution in [0.3, 0.4) is 0 Å². The summed E-state index contributed by atoms with van der Waals surface area (Å²) < 4.78 is 26.8. The Balaban J connectivity index is 1.91. The average molecular weight is 310 g/mol. The second-order valence-corrected chi connectivity index (χ2v) is 6.01.